The number of hydrogen-bond donors (Lipinski definition) is 1. The lowest BCUT2D eigenvalue weighted by molar-refractivity contribution is 0.257. The molecule has 0 saturated carbocycles. The van der Waals surface area contributed by atoms with Crippen LogP contribution in [-0.4, -0.2) is 11.7 Å². The van der Waals surface area contributed by atoms with Gasteiger partial charge in [0.1, 0.15) is 0 Å². The standard InChI is InChI=1S/C14H22.C3H8O.C2H6/c1-4-13-11(3)6-7-12-9-10(2)5-8-14(12)13;1-2-3-4;1-2/h6-7,9-11,13-14H,4-5,8H2,1-3H3;4H,2-3H2,1H3;1-2H3/t10-,11?,13?,14?;;/m1../s1. The van der Waals surface area contributed by atoms with Gasteiger partial charge in [0.05, 0.1) is 0 Å². The lowest BCUT2D eigenvalue weighted by atomic mass is 9.67. The predicted octanol–water partition coefficient (Wildman–Crippen LogP) is 5.61. The first kappa shape index (κ1) is 19.4. The fourth-order valence-electron chi connectivity index (χ4n) is 3.21. The van der Waals surface area contributed by atoms with Crippen LogP contribution in [-0.2, 0) is 0 Å². The molecule has 1 nitrogen and oxygen atoms in total. The number of aliphatic hydroxyl groups excluding tert-OH is 1. The summed E-state index contributed by atoms with van der Waals surface area (Å²) in [6.07, 6.45) is 12.3. The number of allylic oxidation sites excluding steroid dienone is 4. The largest absolute Gasteiger partial charge is 0.396 e. The molecule has 0 spiro atoms. The molecule has 2 aliphatic rings. The van der Waals surface area contributed by atoms with Crippen molar-refractivity contribution in [2.24, 2.45) is 23.7 Å². The zero-order valence-electron chi connectivity index (χ0n) is 14.5. The van der Waals surface area contributed by atoms with Crippen LogP contribution in [0, 0.1) is 23.7 Å². The zero-order valence-corrected chi connectivity index (χ0v) is 14.5. The second-order valence-electron chi connectivity index (χ2n) is 5.84. The highest BCUT2D eigenvalue weighted by molar-refractivity contribution is 5.29. The fourth-order valence-corrected chi connectivity index (χ4v) is 3.21. The van der Waals surface area contributed by atoms with Crippen LogP contribution in [0.3, 0.4) is 0 Å². The smallest absolute Gasteiger partial charge is 0.0428 e. The molecule has 1 heteroatoms. The van der Waals surface area contributed by atoms with Gasteiger partial charge in [0, 0.05) is 6.61 Å². The van der Waals surface area contributed by atoms with E-state index in [0.29, 0.717) is 6.61 Å². The highest BCUT2D eigenvalue weighted by Crippen LogP contribution is 2.42. The van der Waals surface area contributed by atoms with Crippen molar-refractivity contribution >= 4 is 0 Å². The Morgan fingerprint density at radius 2 is 1.75 bits per heavy atom. The Kier molecular flexibility index (Phi) is 10.8. The summed E-state index contributed by atoms with van der Waals surface area (Å²) in [5, 5.41) is 7.88. The van der Waals surface area contributed by atoms with Gasteiger partial charge in [0.25, 0.3) is 0 Å². The van der Waals surface area contributed by atoms with E-state index in [-0.39, 0.29) is 0 Å². The van der Waals surface area contributed by atoms with Crippen LogP contribution in [0.15, 0.2) is 23.8 Å². The van der Waals surface area contributed by atoms with Crippen LogP contribution in [0.1, 0.15) is 67.2 Å². The Morgan fingerprint density at radius 1 is 1.15 bits per heavy atom. The number of rotatable bonds is 2. The summed E-state index contributed by atoms with van der Waals surface area (Å²) in [5.41, 5.74) is 1.63. The van der Waals surface area contributed by atoms with Gasteiger partial charge in [-0.25, -0.2) is 0 Å². The third-order valence-electron chi connectivity index (χ3n) is 4.32. The summed E-state index contributed by atoms with van der Waals surface area (Å²) in [6.45, 7) is 13.3. The molecule has 0 amide bonds. The minimum atomic E-state index is 0.319. The molecule has 118 valence electrons. The maximum absolute atomic E-state index is 7.88. The number of aliphatic hydroxyl groups is 1. The van der Waals surface area contributed by atoms with Gasteiger partial charge < -0.3 is 5.11 Å². The number of hydrogen-bond acceptors (Lipinski definition) is 1. The van der Waals surface area contributed by atoms with E-state index in [4.69, 9.17) is 5.11 Å². The molecule has 0 aromatic rings. The van der Waals surface area contributed by atoms with E-state index in [1.165, 1.54) is 19.3 Å². The van der Waals surface area contributed by atoms with E-state index >= 15 is 0 Å². The second kappa shape index (κ2) is 11.1. The van der Waals surface area contributed by atoms with Crippen LogP contribution in [0.25, 0.3) is 0 Å². The highest BCUT2D eigenvalue weighted by atomic mass is 16.2. The lowest BCUT2D eigenvalue weighted by Gasteiger charge is -2.38. The van der Waals surface area contributed by atoms with Gasteiger partial charge in [-0.15, -0.1) is 0 Å². The van der Waals surface area contributed by atoms with E-state index < -0.39 is 0 Å². The first-order chi connectivity index (χ1) is 9.63. The van der Waals surface area contributed by atoms with Crippen LogP contribution >= 0.6 is 0 Å². The average molecular weight is 280 g/mol. The molecule has 4 atom stereocenters. The summed E-state index contributed by atoms with van der Waals surface area (Å²) in [7, 11) is 0. The fraction of sp³-hybridized carbons (Fsp3) is 0.789. The van der Waals surface area contributed by atoms with Crippen LogP contribution < -0.4 is 0 Å². The lowest BCUT2D eigenvalue weighted by Crippen LogP contribution is -2.27. The molecule has 3 unspecified atom stereocenters. The van der Waals surface area contributed by atoms with Gasteiger partial charge in [0.2, 0.25) is 0 Å². The van der Waals surface area contributed by atoms with Crippen molar-refractivity contribution < 1.29 is 5.11 Å². The monoisotopic (exact) mass is 280 g/mol. The van der Waals surface area contributed by atoms with Crippen molar-refractivity contribution in [2.75, 3.05) is 6.61 Å². The SMILES string of the molecule is CC.CCC1C(C)C=CC2=C[C@H](C)CCC21.CCCO. The van der Waals surface area contributed by atoms with E-state index in [1.54, 1.807) is 5.57 Å². The van der Waals surface area contributed by atoms with Crippen molar-refractivity contribution in [3.63, 3.8) is 0 Å². The molecule has 0 saturated heterocycles. The number of fused-ring (bicyclic) bond motifs is 1. The average Bonchev–Trinajstić information content (AvgIpc) is 2.49. The van der Waals surface area contributed by atoms with Crippen LogP contribution in [0.5, 0.6) is 0 Å². The molecule has 0 fully saturated rings. The molecule has 1 N–H and O–H groups in total. The van der Waals surface area contributed by atoms with Crippen LogP contribution in [0.4, 0.5) is 0 Å². The third-order valence-corrected chi connectivity index (χ3v) is 4.32. The van der Waals surface area contributed by atoms with Crippen molar-refractivity contribution in [2.45, 2.75) is 67.2 Å². The Hall–Kier alpha value is -0.560. The molecule has 0 aromatic carbocycles. The van der Waals surface area contributed by atoms with Gasteiger partial charge >= 0.3 is 0 Å². The van der Waals surface area contributed by atoms with Gasteiger partial charge in [-0.2, -0.15) is 0 Å². The summed E-state index contributed by atoms with van der Waals surface area (Å²) >= 11 is 0. The van der Waals surface area contributed by atoms with Crippen LogP contribution in [0.2, 0.25) is 0 Å². The maximum atomic E-state index is 7.88. The van der Waals surface area contributed by atoms with Crippen molar-refractivity contribution in [1.82, 2.24) is 0 Å². The Labute approximate surface area is 127 Å². The third kappa shape index (κ3) is 5.83. The Balaban J connectivity index is 0.000000521. The topological polar surface area (TPSA) is 20.2 Å². The summed E-state index contributed by atoms with van der Waals surface area (Å²) in [4.78, 5) is 0. The van der Waals surface area contributed by atoms with Gasteiger partial charge in [-0.05, 0) is 48.5 Å². The minimum Gasteiger partial charge on any atom is -0.396 e. The first-order valence-electron chi connectivity index (χ1n) is 8.64. The first-order valence-corrected chi connectivity index (χ1v) is 8.64. The predicted molar refractivity (Wildman–Crippen MR) is 90.8 cm³/mol. The summed E-state index contributed by atoms with van der Waals surface area (Å²) in [6, 6.07) is 0. The van der Waals surface area contributed by atoms with Gasteiger partial charge in [0.15, 0.2) is 0 Å². The van der Waals surface area contributed by atoms with E-state index in [9.17, 15) is 0 Å². The zero-order chi connectivity index (χ0) is 15.5. The molecule has 2 rings (SSSR count). The van der Waals surface area contributed by atoms with E-state index in [0.717, 1.165) is 30.1 Å². The van der Waals surface area contributed by atoms with E-state index in [1.807, 2.05) is 20.8 Å². The summed E-state index contributed by atoms with van der Waals surface area (Å²) < 4.78 is 0. The van der Waals surface area contributed by atoms with Crippen molar-refractivity contribution in [3.8, 4) is 0 Å². The van der Waals surface area contributed by atoms with Gasteiger partial charge in [-0.1, -0.05) is 66.2 Å². The molecule has 0 heterocycles. The van der Waals surface area contributed by atoms with Gasteiger partial charge in [-0.3, -0.25) is 0 Å². The normalized spacial score (nSPS) is 31.1. The maximum Gasteiger partial charge on any atom is 0.0428 e. The van der Waals surface area contributed by atoms with Crippen molar-refractivity contribution in [3.05, 3.63) is 23.8 Å². The minimum absolute atomic E-state index is 0.319. The molecular formula is C19H36O. The Bertz CT molecular complexity index is 288. The molecule has 0 aliphatic heterocycles. The molecule has 20 heavy (non-hydrogen) atoms. The molecule has 0 aromatic heterocycles. The molecular weight excluding hydrogens is 244 g/mol. The molecule has 0 bridgehead atoms. The van der Waals surface area contributed by atoms with Crippen molar-refractivity contribution in [1.29, 1.82) is 0 Å². The van der Waals surface area contributed by atoms with E-state index in [2.05, 4.69) is 39.0 Å². The Morgan fingerprint density at radius 3 is 2.25 bits per heavy atom. The molecule has 0 radical (unpaired) electrons. The highest BCUT2D eigenvalue weighted by Gasteiger charge is 2.31. The quantitative estimate of drug-likeness (QED) is 0.697. The second-order valence-corrected chi connectivity index (χ2v) is 5.84. The summed E-state index contributed by atoms with van der Waals surface area (Å²) in [5.74, 6) is 3.36. The molecule has 2 aliphatic carbocycles.